The van der Waals surface area contributed by atoms with Gasteiger partial charge in [0.2, 0.25) is 0 Å². The Morgan fingerprint density at radius 3 is 0.833 bits per heavy atom. The van der Waals surface area contributed by atoms with E-state index in [2.05, 4.69) is 155 Å². The number of ether oxygens (including phenoxy) is 4. The Labute approximate surface area is 656 Å². The van der Waals surface area contributed by atoms with E-state index in [4.69, 9.17) is 37.0 Å². The fraction of sp³-hybridized carbons (Fsp3) is 0.685. The smallest absolute Gasteiger partial charge is 0.462 e. The Morgan fingerprint density at radius 2 is 0.500 bits per heavy atom. The molecule has 0 radical (unpaired) electrons. The van der Waals surface area contributed by atoms with Crippen LogP contribution in [0, 0.1) is 0 Å². The molecule has 2 unspecified atom stereocenters. The van der Waals surface area contributed by atoms with Crippen molar-refractivity contribution in [2.24, 2.45) is 0 Å². The molecular weight excluding hydrogens is 1400 g/mol. The molecule has 0 aliphatic heterocycles. The van der Waals surface area contributed by atoms with Gasteiger partial charge in [0.1, 0.15) is 19.3 Å². The van der Waals surface area contributed by atoms with Crippen LogP contribution >= 0.6 is 15.6 Å². The Kier molecular flexibility index (Phi) is 76.3. The molecule has 0 aliphatic rings. The third kappa shape index (κ3) is 79.0. The number of rotatable bonds is 78. The summed E-state index contributed by atoms with van der Waals surface area (Å²) in [4.78, 5) is 73.2. The molecule has 0 aliphatic carbocycles. The second-order valence-corrected chi connectivity index (χ2v) is 30.6. The van der Waals surface area contributed by atoms with Crippen molar-refractivity contribution in [1.82, 2.24) is 0 Å². The van der Waals surface area contributed by atoms with Gasteiger partial charge >= 0.3 is 39.5 Å². The van der Waals surface area contributed by atoms with Gasteiger partial charge in [0.15, 0.2) is 12.2 Å². The minimum atomic E-state index is -5.01. The topological polar surface area (TPSA) is 237 Å². The molecule has 0 saturated heterocycles. The van der Waals surface area contributed by atoms with Crippen LogP contribution in [0.25, 0.3) is 0 Å². The largest absolute Gasteiger partial charge is 0.472 e. The number of carbonyl (C=O) groups is 4. The standard InChI is InChI=1S/C89H150O17P2/c1-5-9-13-17-21-25-29-33-37-39-41-43-47-51-55-59-63-67-71-75-88(93)105-84(79-99-86(91)73-69-65-61-57-53-49-45-35-31-27-23-19-15-11-7-3)81-103-107(95,96)101-77-83(90)78-102-108(97,98)104-82-85(80-100-87(92)74-70-66-62-58-54-50-46-36-32-28-24-20-16-12-8-4)106-89(94)76-72-68-64-60-56-52-48-44-42-40-38-34-30-26-22-18-14-10-6-2/h9,13,21-22,25-28,31-34,37-38,41-44,51-52,55-56,64,68,83-85,90H,5-8,10-12,14-20,23-24,29-30,35-36,39-40,45-50,53-54,57-63,65-67,69-82H2,1-4H3,(H,95,96)(H,97,98)/b13-9-,25-21-,26-22-,31-27-,32-28-,37-33-,38-34-,43-41-,44-42-,55-51-,56-52-,68-64-/t83-,84-,85-/m1/s1. The summed E-state index contributed by atoms with van der Waals surface area (Å²) in [5.74, 6) is -2.32. The molecule has 0 aromatic carbocycles. The van der Waals surface area contributed by atoms with Gasteiger partial charge in [0.25, 0.3) is 0 Å². The maximum absolute atomic E-state index is 13.1. The van der Waals surface area contributed by atoms with Crippen molar-refractivity contribution in [2.75, 3.05) is 39.6 Å². The summed E-state index contributed by atoms with van der Waals surface area (Å²) in [6.45, 7) is 4.60. The molecule has 5 atom stereocenters. The summed E-state index contributed by atoms with van der Waals surface area (Å²) < 4.78 is 68.6. The molecule has 0 bridgehead atoms. The van der Waals surface area contributed by atoms with Gasteiger partial charge in [0.05, 0.1) is 26.4 Å². The first-order valence-electron chi connectivity index (χ1n) is 42.1. The van der Waals surface area contributed by atoms with Crippen LogP contribution in [-0.4, -0.2) is 96.7 Å². The Morgan fingerprint density at radius 1 is 0.269 bits per heavy atom. The third-order valence-electron chi connectivity index (χ3n) is 17.3. The summed E-state index contributed by atoms with van der Waals surface area (Å²) in [6.07, 6.45) is 92.5. The summed E-state index contributed by atoms with van der Waals surface area (Å²) in [5, 5.41) is 10.7. The zero-order valence-electron chi connectivity index (χ0n) is 67.7. The molecule has 0 fully saturated rings. The van der Waals surface area contributed by atoms with E-state index in [9.17, 15) is 43.2 Å². The molecule has 0 aromatic heterocycles. The second kappa shape index (κ2) is 80.0. The van der Waals surface area contributed by atoms with E-state index in [0.29, 0.717) is 32.1 Å². The molecule has 0 amide bonds. The SMILES string of the molecule is CC/C=C\C/C=C\C/C=C\C/C=C\C/C=C\CCCCCC(=O)O[C@H](COC(=O)CCCCCCCCC/C=C\CCCCCC)COP(=O)(O)OC[C@@H](O)COP(=O)(O)OC[C@@H](COC(=O)CCCCCCCCC/C=C\CCCCCC)OC(=O)CC/C=C\C/C=C\C/C=C\C/C=C\C/C=C\CCCCC. The number of hydrogen-bond donors (Lipinski definition) is 3. The van der Waals surface area contributed by atoms with Crippen LogP contribution in [0.15, 0.2) is 146 Å². The molecular formula is C89H150O17P2. The minimum absolute atomic E-state index is 0.0328. The highest BCUT2D eigenvalue weighted by molar-refractivity contribution is 7.47. The first-order chi connectivity index (χ1) is 52.7. The van der Waals surface area contributed by atoms with Crippen molar-refractivity contribution in [2.45, 2.75) is 354 Å². The van der Waals surface area contributed by atoms with Crippen molar-refractivity contribution in [3.63, 3.8) is 0 Å². The lowest BCUT2D eigenvalue weighted by atomic mass is 10.1. The summed E-state index contributed by atoms with van der Waals surface area (Å²) in [7, 11) is -10.0. The van der Waals surface area contributed by atoms with Crippen LogP contribution in [0.1, 0.15) is 336 Å². The number of allylic oxidation sites excluding steroid dienone is 24. The van der Waals surface area contributed by atoms with Gasteiger partial charge in [-0.25, -0.2) is 9.13 Å². The lowest BCUT2D eigenvalue weighted by Crippen LogP contribution is -2.30. The number of carbonyl (C=O) groups excluding carboxylic acids is 4. The fourth-order valence-corrected chi connectivity index (χ4v) is 12.4. The van der Waals surface area contributed by atoms with E-state index in [1.54, 1.807) is 0 Å². The predicted octanol–water partition coefficient (Wildman–Crippen LogP) is 25.0. The number of esters is 4. The van der Waals surface area contributed by atoms with Crippen molar-refractivity contribution >= 4 is 39.5 Å². The van der Waals surface area contributed by atoms with Crippen LogP contribution in [0.2, 0.25) is 0 Å². The van der Waals surface area contributed by atoms with Crippen molar-refractivity contribution in [1.29, 1.82) is 0 Å². The molecule has 108 heavy (non-hydrogen) atoms. The normalized spacial score (nSPS) is 14.5. The lowest BCUT2D eigenvalue weighted by molar-refractivity contribution is -0.161. The van der Waals surface area contributed by atoms with Crippen LogP contribution in [0.5, 0.6) is 0 Å². The van der Waals surface area contributed by atoms with E-state index in [1.165, 1.54) is 77.0 Å². The molecule has 0 spiro atoms. The number of aliphatic hydroxyl groups is 1. The van der Waals surface area contributed by atoms with Crippen LogP contribution < -0.4 is 0 Å². The molecule has 17 nitrogen and oxygen atoms in total. The highest BCUT2D eigenvalue weighted by atomic mass is 31.2. The van der Waals surface area contributed by atoms with Gasteiger partial charge < -0.3 is 33.8 Å². The Bertz CT molecular complexity index is 2610. The second-order valence-electron chi connectivity index (χ2n) is 27.7. The summed E-state index contributed by atoms with van der Waals surface area (Å²) in [6, 6.07) is 0. The van der Waals surface area contributed by atoms with Crippen molar-refractivity contribution in [3.8, 4) is 0 Å². The number of phosphoric acid groups is 2. The summed E-state index contributed by atoms with van der Waals surface area (Å²) >= 11 is 0. The van der Waals surface area contributed by atoms with Crippen LogP contribution in [-0.2, 0) is 65.4 Å². The van der Waals surface area contributed by atoms with E-state index in [-0.39, 0.29) is 25.7 Å². The van der Waals surface area contributed by atoms with Crippen LogP contribution in [0.3, 0.4) is 0 Å². The van der Waals surface area contributed by atoms with Gasteiger partial charge in [0, 0.05) is 25.7 Å². The lowest BCUT2D eigenvalue weighted by Gasteiger charge is -2.21. The number of aliphatic hydroxyl groups excluding tert-OH is 1. The monoisotopic (exact) mass is 1550 g/mol. The van der Waals surface area contributed by atoms with Gasteiger partial charge in [-0.15, -0.1) is 0 Å². The minimum Gasteiger partial charge on any atom is -0.462 e. The first-order valence-corrected chi connectivity index (χ1v) is 45.1. The molecule has 3 N–H and O–H groups in total. The van der Waals surface area contributed by atoms with Gasteiger partial charge in [-0.3, -0.25) is 37.3 Å². The predicted molar refractivity (Wildman–Crippen MR) is 445 cm³/mol. The highest BCUT2D eigenvalue weighted by Crippen LogP contribution is 2.45. The fourth-order valence-electron chi connectivity index (χ4n) is 10.9. The maximum Gasteiger partial charge on any atom is 0.472 e. The Balaban J connectivity index is 5.49. The Hall–Kier alpha value is -5.06. The van der Waals surface area contributed by atoms with Crippen molar-refractivity contribution < 1.29 is 80.2 Å². The zero-order chi connectivity index (χ0) is 78.9. The third-order valence-corrected chi connectivity index (χ3v) is 19.2. The van der Waals surface area contributed by atoms with E-state index >= 15 is 0 Å². The van der Waals surface area contributed by atoms with E-state index in [0.717, 1.165) is 173 Å². The number of phosphoric ester groups is 2. The number of hydrogen-bond acceptors (Lipinski definition) is 15. The first kappa shape index (κ1) is 103. The van der Waals surface area contributed by atoms with E-state index < -0.39 is 97.5 Å². The summed E-state index contributed by atoms with van der Waals surface area (Å²) in [5.41, 5.74) is 0. The molecule has 0 aromatic rings. The van der Waals surface area contributed by atoms with Crippen molar-refractivity contribution in [3.05, 3.63) is 146 Å². The molecule has 0 heterocycles. The molecule has 19 heteroatoms. The average molecular weight is 1550 g/mol. The quantitative estimate of drug-likeness (QED) is 0.0169. The number of unbranched alkanes of at least 4 members (excludes halogenated alkanes) is 28. The molecule has 0 saturated carbocycles. The highest BCUT2D eigenvalue weighted by Gasteiger charge is 2.30. The van der Waals surface area contributed by atoms with Crippen LogP contribution in [0.4, 0.5) is 0 Å². The average Bonchev–Trinajstić information content (AvgIpc) is 0.907. The molecule has 618 valence electrons. The van der Waals surface area contributed by atoms with Gasteiger partial charge in [-0.2, -0.15) is 0 Å². The maximum atomic E-state index is 13.1. The van der Waals surface area contributed by atoms with E-state index in [1.807, 2.05) is 18.2 Å². The van der Waals surface area contributed by atoms with Gasteiger partial charge in [-0.05, 0) is 161 Å². The van der Waals surface area contributed by atoms with Gasteiger partial charge in [-0.1, -0.05) is 296 Å². The molecule has 0 rings (SSSR count). The zero-order valence-corrected chi connectivity index (χ0v) is 69.5.